The molecule has 0 saturated carbocycles. The number of aromatic nitrogens is 2. The van der Waals surface area contributed by atoms with E-state index in [-0.39, 0.29) is 5.91 Å². The second kappa shape index (κ2) is 7.21. The number of fused-ring (bicyclic) bond motifs is 1. The predicted molar refractivity (Wildman–Crippen MR) is 95.6 cm³/mol. The lowest BCUT2D eigenvalue weighted by Gasteiger charge is -2.20. The maximum atomic E-state index is 12.4. The zero-order valence-electron chi connectivity index (χ0n) is 13.7. The van der Waals surface area contributed by atoms with E-state index in [1.165, 1.54) is 11.3 Å². The Morgan fingerprint density at radius 3 is 2.74 bits per heavy atom. The maximum Gasteiger partial charge on any atom is 0.232 e. The minimum atomic E-state index is 0.253. The van der Waals surface area contributed by atoms with Crippen LogP contribution >= 0.6 is 11.8 Å². The van der Waals surface area contributed by atoms with Gasteiger partial charge in [0.15, 0.2) is 0 Å². The highest BCUT2D eigenvalue weighted by Gasteiger charge is 2.22. The van der Waals surface area contributed by atoms with Gasteiger partial charge in [0.1, 0.15) is 0 Å². The number of nitrogens with zero attached hydrogens (tertiary/aromatic N) is 2. The number of hydrogen-bond donors (Lipinski definition) is 1. The van der Waals surface area contributed by atoms with E-state index in [9.17, 15) is 4.79 Å². The molecule has 3 rings (SSSR count). The largest absolute Gasteiger partial charge is 0.341 e. The van der Waals surface area contributed by atoms with E-state index in [1.54, 1.807) is 11.8 Å². The molecule has 4 nitrogen and oxygen atoms in total. The van der Waals surface area contributed by atoms with Gasteiger partial charge in [-0.15, -0.1) is 11.8 Å². The second-order valence-corrected chi connectivity index (χ2v) is 7.70. The van der Waals surface area contributed by atoms with Crippen molar-refractivity contribution in [2.75, 3.05) is 18.8 Å². The van der Waals surface area contributed by atoms with Crippen LogP contribution in [0.3, 0.4) is 0 Å². The third-order valence-electron chi connectivity index (χ3n) is 4.16. The molecule has 1 aromatic heterocycles. The van der Waals surface area contributed by atoms with E-state index in [0.29, 0.717) is 11.0 Å². The van der Waals surface area contributed by atoms with Gasteiger partial charge in [0.05, 0.1) is 11.4 Å². The Bertz CT molecular complexity index is 666. The standard InChI is InChI=1S/C18H23N3OS/c1-13(2)23-12-17(22)21-10-8-15-16(9-11-21)19-20-18(15)14-6-4-3-5-7-14/h3-7,13H,8-12H2,1-2H3,(H,19,20). The van der Waals surface area contributed by atoms with Crippen LogP contribution in [0.1, 0.15) is 25.1 Å². The number of H-pyrrole nitrogens is 1. The van der Waals surface area contributed by atoms with Gasteiger partial charge in [-0.25, -0.2) is 0 Å². The van der Waals surface area contributed by atoms with E-state index < -0.39 is 0 Å². The Kier molecular flexibility index (Phi) is 5.06. The Morgan fingerprint density at radius 2 is 2.00 bits per heavy atom. The molecule has 1 aliphatic rings. The van der Waals surface area contributed by atoms with Crippen LogP contribution in [0.2, 0.25) is 0 Å². The van der Waals surface area contributed by atoms with Crippen molar-refractivity contribution < 1.29 is 4.79 Å². The molecule has 0 atom stereocenters. The van der Waals surface area contributed by atoms with Crippen molar-refractivity contribution in [3.63, 3.8) is 0 Å². The van der Waals surface area contributed by atoms with Gasteiger partial charge in [0, 0.05) is 36.3 Å². The summed E-state index contributed by atoms with van der Waals surface area (Å²) in [6.07, 6.45) is 1.72. The summed E-state index contributed by atoms with van der Waals surface area (Å²) in [4.78, 5) is 14.4. The van der Waals surface area contributed by atoms with Gasteiger partial charge in [-0.3, -0.25) is 9.89 Å². The van der Waals surface area contributed by atoms with Gasteiger partial charge in [-0.2, -0.15) is 5.10 Å². The van der Waals surface area contributed by atoms with Crippen molar-refractivity contribution in [1.29, 1.82) is 0 Å². The molecule has 1 aliphatic heterocycles. The molecule has 2 heterocycles. The number of aromatic amines is 1. The highest BCUT2D eigenvalue weighted by Crippen LogP contribution is 2.26. The Labute approximate surface area is 141 Å². The minimum absolute atomic E-state index is 0.253. The topological polar surface area (TPSA) is 49.0 Å². The van der Waals surface area contributed by atoms with Crippen molar-refractivity contribution in [3.05, 3.63) is 41.6 Å². The molecule has 122 valence electrons. The molecule has 23 heavy (non-hydrogen) atoms. The van der Waals surface area contributed by atoms with Crippen molar-refractivity contribution >= 4 is 17.7 Å². The van der Waals surface area contributed by atoms with Gasteiger partial charge in [0.25, 0.3) is 0 Å². The van der Waals surface area contributed by atoms with Crippen LogP contribution in [0.15, 0.2) is 30.3 Å². The molecular weight excluding hydrogens is 306 g/mol. The summed E-state index contributed by atoms with van der Waals surface area (Å²) in [6.45, 7) is 5.82. The molecular formula is C18H23N3OS. The summed E-state index contributed by atoms with van der Waals surface area (Å²) >= 11 is 1.71. The number of hydrogen-bond acceptors (Lipinski definition) is 3. The first-order valence-corrected chi connectivity index (χ1v) is 9.21. The first-order valence-electron chi connectivity index (χ1n) is 8.16. The van der Waals surface area contributed by atoms with E-state index in [2.05, 4.69) is 36.2 Å². The fraction of sp³-hybridized carbons (Fsp3) is 0.444. The smallest absolute Gasteiger partial charge is 0.232 e. The molecule has 0 unspecified atom stereocenters. The summed E-state index contributed by atoms with van der Waals surface area (Å²) in [6, 6.07) is 10.3. The third-order valence-corrected chi connectivity index (χ3v) is 5.24. The third kappa shape index (κ3) is 3.78. The minimum Gasteiger partial charge on any atom is -0.341 e. The number of nitrogens with one attached hydrogen (secondary N) is 1. The molecule has 1 N–H and O–H groups in total. The van der Waals surface area contributed by atoms with Gasteiger partial charge < -0.3 is 4.90 Å². The van der Waals surface area contributed by atoms with Crippen molar-refractivity contribution in [2.24, 2.45) is 0 Å². The monoisotopic (exact) mass is 329 g/mol. The van der Waals surface area contributed by atoms with Crippen LogP contribution < -0.4 is 0 Å². The quantitative estimate of drug-likeness (QED) is 0.937. The summed E-state index contributed by atoms with van der Waals surface area (Å²) in [7, 11) is 0. The molecule has 2 aromatic rings. The Morgan fingerprint density at radius 1 is 1.26 bits per heavy atom. The maximum absolute atomic E-state index is 12.4. The fourth-order valence-corrected chi connectivity index (χ4v) is 3.55. The highest BCUT2D eigenvalue weighted by molar-refractivity contribution is 8.00. The molecule has 0 bridgehead atoms. The molecule has 0 aliphatic carbocycles. The number of carbonyl (C=O) groups excluding carboxylic acids is 1. The van der Waals surface area contributed by atoms with E-state index >= 15 is 0 Å². The fourth-order valence-electron chi connectivity index (χ4n) is 2.90. The van der Waals surface area contributed by atoms with Gasteiger partial charge in [-0.1, -0.05) is 44.2 Å². The lowest BCUT2D eigenvalue weighted by atomic mass is 10.0. The zero-order valence-corrected chi connectivity index (χ0v) is 14.5. The average Bonchev–Trinajstić information content (AvgIpc) is 2.85. The molecule has 1 aromatic carbocycles. The number of thioether (sulfide) groups is 1. The lowest BCUT2D eigenvalue weighted by Crippen LogP contribution is -2.35. The molecule has 0 fully saturated rings. The first-order chi connectivity index (χ1) is 11.1. The number of rotatable bonds is 4. The van der Waals surface area contributed by atoms with Crippen molar-refractivity contribution in [1.82, 2.24) is 15.1 Å². The van der Waals surface area contributed by atoms with Gasteiger partial charge >= 0.3 is 0 Å². The van der Waals surface area contributed by atoms with E-state index in [1.807, 2.05) is 23.1 Å². The van der Waals surface area contributed by atoms with Crippen molar-refractivity contribution in [3.8, 4) is 11.3 Å². The van der Waals surface area contributed by atoms with Crippen LogP contribution in [0, 0.1) is 0 Å². The highest BCUT2D eigenvalue weighted by atomic mass is 32.2. The Hall–Kier alpha value is -1.75. The Balaban J connectivity index is 1.72. The summed E-state index contributed by atoms with van der Waals surface area (Å²) in [5.41, 5.74) is 4.62. The molecule has 0 spiro atoms. The average molecular weight is 329 g/mol. The van der Waals surface area contributed by atoms with E-state index in [0.717, 1.165) is 37.2 Å². The zero-order chi connectivity index (χ0) is 16.2. The van der Waals surface area contributed by atoms with Gasteiger partial charge in [0.2, 0.25) is 5.91 Å². The SMILES string of the molecule is CC(C)SCC(=O)N1CCc2[nH]nc(-c3ccccc3)c2CC1. The normalized spacial score (nSPS) is 14.7. The molecule has 0 saturated heterocycles. The second-order valence-electron chi connectivity index (χ2n) is 6.14. The van der Waals surface area contributed by atoms with Gasteiger partial charge in [-0.05, 0) is 11.7 Å². The van der Waals surface area contributed by atoms with E-state index in [4.69, 9.17) is 0 Å². The number of carbonyl (C=O) groups is 1. The molecule has 0 radical (unpaired) electrons. The molecule has 5 heteroatoms. The summed E-state index contributed by atoms with van der Waals surface area (Å²) in [5.74, 6) is 0.832. The van der Waals surface area contributed by atoms with Crippen LogP contribution in [-0.4, -0.2) is 45.1 Å². The van der Waals surface area contributed by atoms with Crippen LogP contribution in [0.4, 0.5) is 0 Å². The number of benzene rings is 1. The first kappa shape index (κ1) is 16.1. The van der Waals surface area contributed by atoms with Crippen LogP contribution in [0.5, 0.6) is 0 Å². The van der Waals surface area contributed by atoms with Crippen molar-refractivity contribution in [2.45, 2.75) is 31.9 Å². The number of amides is 1. The van der Waals surface area contributed by atoms with Crippen LogP contribution in [0.25, 0.3) is 11.3 Å². The molecule has 1 amide bonds. The summed E-state index contributed by atoms with van der Waals surface area (Å²) < 4.78 is 0. The predicted octanol–water partition coefficient (Wildman–Crippen LogP) is 3.15. The summed E-state index contributed by atoms with van der Waals surface area (Å²) in [5, 5.41) is 8.18. The lowest BCUT2D eigenvalue weighted by molar-refractivity contribution is -0.128. The van der Waals surface area contributed by atoms with Crippen LogP contribution in [-0.2, 0) is 17.6 Å².